The Morgan fingerprint density at radius 2 is 2.35 bits per heavy atom. The van der Waals surface area contributed by atoms with Gasteiger partial charge < -0.3 is 14.1 Å². The highest BCUT2D eigenvalue weighted by Gasteiger charge is 2.33. The molecule has 0 aliphatic carbocycles. The Morgan fingerprint density at radius 3 is 3.00 bits per heavy atom. The van der Waals surface area contributed by atoms with Gasteiger partial charge in [-0.25, -0.2) is 4.98 Å². The number of carbonyl (C=O) groups excluding carboxylic acids is 1. The van der Waals surface area contributed by atoms with E-state index in [4.69, 9.17) is 9.15 Å². The molecule has 1 aliphatic rings. The van der Waals surface area contributed by atoms with E-state index >= 15 is 0 Å². The van der Waals surface area contributed by atoms with Crippen molar-refractivity contribution >= 4 is 5.91 Å². The molecule has 106 valence electrons. The lowest BCUT2D eigenvalue weighted by atomic mass is 10.1. The van der Waals surface area contributed by atoms with Crippen LogP contribution in [0.4, 0.5) is 0 Å². The maximum absolute atomic E-state index is 12.6. The van der Waals surface area contributed by atoms with Crippen LogP contribution in [0.15, 0.2) is 17.0 Å². The minimum Gasteiger partial charge on any atom is -0.448 e. The summed E-state index contributed by atoms with van der Waals surface area (Å²) in [4.78, 5) is 18.4. The van der Waals surface area contributed by atoms with Crippen molar-refractivity contribution in [3.63, 3.8) is 0 Å². The molecule has 7 nitrogen and oxygen atoms in total. The molecule has 1 aliphatic heterocycles. The van der Waals surface area contributed by atoms with Crippen LogP contribution in [0.25, 0.3) is 0 Å². The van der Waals surface area contributed by atoms with Crippen LogP contribution >= 0.6 is 0 Å². The number of aryl methyl sites for hydroxylation is 2. The van der Waals surface area contributed by atoms with Crippen LogP contribution in [0.3, 0.4) is 0 Å². The Hall–Kier alpha value is -2.15. The Morgan fingerprint density at radius 1 is 1.50 bits per heavy atom. The van der Waals surface area contributed by atoms with Gasteiger partial charge in [0.25, 0.3) is 5.91 Å². The van der Waals surface area contributed by atoms with Crippen molar-refractivity contribution in [2.75, 3.05) is 19.8 Å². The standard InChI is InChI=1S/C13H16N4O3/c1-8-5-15-16-11(8)10-6-19-4-3-17(10)13(18)12-9(2)20-7-14-12/h5,7,10H,3-4,6H2,1-2H3,(H,15,16)/t10-/m1/s1. The second-order valence-electron chi connectivity index (χ2n) is 4.81. The number of aromatic nitrogens is 3. The maximum Gasteiger partial charge on any atom is 0.276 e. The second-order valence-corrected chi connectivity index (χ2v) is 4.81. The molecule has 2 aromatic heterocycles. The summed E-state index contributed by atoms with van der Waals surface area (Å²) in [5.41, 5.74) is 2.27. The van der Waals surface area contributed by atoms with Gasteiger partial charge in [0, 0.05) is 6.54 Å². The first-order valence-corrected chi connectivity index (χ1v) is 6.47. The Bertz CT molecular complexity index is 619. The van der Waals surface area contributed by atoms with Crippen LogP contribution in [0.2, 0.25) is 0 Å². The minimum atomic E-state index is -0.171. The first-order chi connectivity index (χ1) is 9.68. The zero-order valence-electron chi connectivity index (χ0n) is 11.4. The molecule has 1 N–H and O–H groups in total. The summed E-state index contributed by atoms with van der Waals surface area (Å²) in [6.07, 6.45) is 3.04. The number of rotatable bonds is 2. The third-order valence-electron chi connectivity index (χ3n) is 3.54. The van der Waals surface area contributed by atoms with Gasteiger partial charge in [-0.2, -0.15) is 5.10 Å². The molecule has 0 spiro atoms. The number of oxazole rings is 1. The normalized spacial score (nSPS) is 19.3. The van der Waals surface area contributed by atoms with Crippen LogP contribution in [0.5, 0.6) is 0 Å². The van der Waals surface area contributed by atoms with E-state index in [1.807, 2.05) is 6.92 Å². The largest absolute Gasteiger partial charge is 0.448 e. The highest BCUT2D eigenvalue weighted by Crippen LogP contribution is 2.26. The number of morpholine rings is 1. The summed E-state index contributed by atoms with van der Waals surface area (Å²) in [6.45, 7) is 5.18. The van der Waals surface area contributed by atoms with Gasteiger partial charge in [-0.1, -0.05) is 0 Å². The molecule has 1 amide bonds. The fourth-order valence-corrected chi connectivity index (χ4v) is 2.43. The summed E-state index contributed by atoms with van der Waals surface area (Å²) in [6, 6.07) is -0.171. The molecule has 2 aromatic rings. The van der Waals surface area contributed by atoms with Crippen LogP contribution in [0, 0.1) is 13.8 Å². The zero-order chi connectivity index (χ0) is 14.1. The predicted octanol–water partition coefficient (Wildman–Crippen LogP) is 1.23. The van der Waals surface area contributed by atoms with Gasteiger partial charge in [-0.15, -0.1) is 0 Å². The summed E-state index contributed by atoms with van der Waals surface area (Å²) in [5.74, 6) is 0.389. The fraction of sp³-hybridized carbons (Fsp3) is 0.462. The first-order valence-electron chi connectivity index (χ1n) is 6.47. The Labute approximate surface area is 115 Å². The molecule has 1 fully saturated rings. The number of ether oxygens (including phenoxy) is 1. The SMILES string of the molecule is Cc1cn[nH]c1[C@H]1COCCN1C(=O)c1ncoc1C. The number of nitrogens with zero attached hydrogens (tertiary/aromatic N) is 3. The van der Waals surface area contributed by atoms with Crippen molar-refractivity contribution in [3.8, 4) is 0 Å². The van der Waals surface area contributed by atoms with E-state index in [2.05, 4.69) is 15.2 Å². The van der Waals surface area contributed by atoms with E-state index in [1.54, 1.807) is 18.0 Å². The van der Waals surface area contributed by atoms with Crippen LogP contribution in [-0.4, -0.2) is 45.7 Å². The number of H-pyrrole nitrogens is 1. The number of amides is 1. The van der Waals surface area contributed by atoms with Crippen molar-refractivity contribution in [2.45, 2.75) is 19.9 Å². The van der Waals surface area contributed by atoms with Gasteiger partial charge >= 0.3 is 0 Å². The minimum absolute atomic E-state index is 0.140. The van der Waals surface area contributed by atoms with Crippen molar-refractivity contribution in [3.05, 3.63) is 35.3 Å². The van der Waals surface area contributed by atoms with Crippen molar-refractivity contribution < 1.29 is 13.9 Å². The summed E-state index contributed by atoms with van der Waals surface area (Å²) in [5, 5.41) is 6.97. The smallest absolute Gasteiger partial charge is 0.276 e. The number of aromatic amines is 1. The topological polar surface area (TPSA) is 84.2 Å². The van der Waals surface area contributed by atoms with E-state index < -0.39 is 0 Å². The molecule has 0 bridgehead atoms. The van der Waals surface area contributed by atoms with Crippen LogP contribution in [-0.2, 0) is 4.74 Å². The molecular weight excluding hydrogens is 260 g/mol. The third-order valence-corrected chi connectivity index (χ3v) is 3.54. The third kappa shape index (κ3) is 2.09. The van der Waals surface area contributed by atoms with Crippen molar-refractivity contribution in [2.24, 2.45) is 0 Å². The highest BCUT2D eigenvalue weighted by atomic mass is 16.5. The van der Waals surface area contributed by atoms with E-state index in [0.29, 0.717) is 31.2 Å². The summed E-state index contributed by atoms with van der Waals surface area (Å²) in [7, 11) is 0. The fourth-order valence-electron chi connectivity index (χ4n) is 2.43. The van der Waals surface area contributed by atoms with Gasteiger partial charge in [0.2, 0.25) is 0 Å². The van der Waals surface area contributed by atoms with Gasteiger partial charge in [0.15, 0.2) is 12.1 Å². The molecule has 0 aromatic carbocycles. The lowest BCUT2D eigenvalue weighted by Crippen LogP contribution is -2.44. The maximum atomic E-state index is 12.6. The molecule has 7 heteroatoms. The van der Waals surface area contributed by atoms with Crippen LogP contribution < -0.4 is 0 Å². The van der Waals surface area contributed by atoms with E-state index in [1.165, 1.54) is 6.39 Å². The predicted molar refractivity (Wildman–Crippen MR) is 69.2 cm³/mol. The van der Waals surface area contributed by atoms with Crippen molar-refractivity contribution in [1.82, 2.24) is 20.1 Å². The molecule has 3 rings (SSSR count). The average molecular weight is 276 g/mol. The lowest BCUT2D eigenvalue weighted by molar-refractivity contribution is -0.00444. The molecule has 20 heavy (non-hydrogen) atoms. The number of nitrogens with one attached hydrogen (secondary N) is 1. The lowest BCUT2D eigenvalue weighted by Gasteiger charge is -2.34. The number of hydrogen-bond acceptors (Lipinski definition) is 5. The Kier molecular flexibility index (Phi) is 3.27. The molecular formula is C13H16N4O3. The monoisotopic (exact) mass is 276 g/mol. The quantitative estimate of drug-likeness (QED) is 0.891. The average Bonchev–Trinajstić information content (AvgIpc) is 3.06. The zero-order valence-corrected chi connectivity index (χ0v) is 11.4. The van der Waals surface area contributed by atoms with Gasteiger partial charge in [-0.3, -0.25) is 9.89 Å². The van der Waals surface area contributed by atoms with E-state index in [0.717, 1.165) is 11.3 Å². The van der Waals surface area contributed by atoms with Crippen molar-refractivity contribution in [1.29, 1.82) is 0 Å². The molecule has 0 unspecified atom stereocenters. The van der Waals surface area contributed by atoms with E-state index in [9.17, 15) is 4.79 Å². The highest BCUT2D eigenvalue weighted by molar-refractivity contribution is 5.93. The van der Waals surface area contributed by atoms with E-state index in [-0.39, 0.29) is 11.9 Å². The molecule has 1 saturated heterocycles. The second kappa shape index (κ2) is 5.09. The first kappa shape index (κ1) is 12.9. The van der Waals surface area contributed by atoms with Crippen LogP contribution in [0.1, 0.15) is 33.5 Å². The molecule has 0 radical (unpaired) electrons. The number of carbonyl (C=O) groups is 1. The molecule has 0 saturated carbocycles. The summed E-state index contributed by atoms with van der Waals surface area (Å²) < 4.78 is 10.6. The van der Waals surface area contributed by atoms with Gasteiger partial charge in [0.05, 0.1) is 31.1 Å². The van der Waals surface area contributed by atoms with Gasteiger partial charge in [0.1, 0.15) is 5.76 Å². The molecule has 3 heterocycles. The molecule has 1 atom stereocenters. The summed E-state index contributed by atoms with van der Waals surface area (Å²) >= 11 is 0. The Balaban J connectivity index is 1.92. The number of hydrogen-bond donors (Lipinski definition) is 1. The van der Waals surface area contributed by atoms with Gasteiger partial charge in [-0.05, 0) is 19.4 Å².